The molecule has 0 bridgehead atoms. The standard InChI is InChI=1S/C17H21N3/c1-2-8-15(9-3-1)16(14-20-12-6-7-13-20)19-17-10-4-5-11-18-17/h1-5,8-11,16H,6-7,12-14H2,(H,18,19). The van der Waals surface area contributed by atoms with E-state index in [1.165, 1.54) is 31.5 Å². The van der Waals surface area contributed by atoms with Crippen LogP contribution in [0.15, 0.2) is 54.7 Å². The summed E-state index contributed by atoms with van der Waals surface area (Å²) in [4.78, 5) is 6.92. The molecule has 1 aliphatic heterocycles. The molecule has 0 radical (unpaired) electrons. The van der Waals surface area contributed by atoms with E-state index in [2.05, 4.69) is 45.5 Å². The molecule has 1 aliphatic rings. The van der Waals surface area contributed by atoms with E-state index >= 15 is 0 Å². The summed E-state index contributed by atoms with van der Waals surface area (Å²) in [6.45, 7) is 3.47. The molecule has 1 saturated heterocycles. The molecule has 1 aromatic heterocycles. The molecule has 0 spiro atoms. The van der Waals surface area contributed by atoms with Gasteiger partial charge in [0.05, 0.1) is 6.04 Å². The summed E-state index contributed by atoms with van der Waals surface area (Å²) >= 11 is 0. The lowest BCUT2D eigenvalue weighted by Crippen LogP contribution is -2.29. The number of nitrogens with one attached hydrogen (secondary N) is 1. The van der Waals surface area contributed by atoms with Gasteiger partial charge in [0.2, 0.25) is 0 Å². The van der Waals surface area contributed by atoms with Crippen LogP contribution in [0.5, 0.6) is 0 Å². The number of pyridine rings is 1. The minimum Gasteiger partial charge on any atom is -0.362 e. The second kappa shape index (κ2) is 6.53. The van der Waals surface area contributed by atoms with E-state index in [0.717, 1.165) is 12.4 Å². The Hall–Kier alpha value is -1.87. The number of benzene rings is 1. The van der Waals surface area contributed by atoms with Crippen LogP contribution in [0.25, 0.3) is 0 Å². The first kappa shape index (κ1) is 13.1. The van der Waals surface area contributed by atoms with Gasteiger partial charge in [0.15, 0.2) is 0 Å². The Bertz CT molecular complexity index is 506. The number of hydrogen-bond donors (Lipinski definition) is 1. The minimum atomic E-state index is 0.296. The van der Waals surface area contributed by atoms with Crippen LogP contribution < -0.4 is 5.32 Å². The Morgan fingerprint density at radius 1 is 1.00 bits per heavy atom. The highest BCUT2D eigenvalue weighted by atomic mass is 15.2. The van der Waals surface area contributed by atoms with Crippen LogP contribution in [0.1, 0.15) is 24.4 Å². The fourth-order valence-corrected chi connectivity index (χ4v) is 2.77. The molecule has 3 nitrogen and oxygen atoms in total. The van der Waals surface area contributed by atoms with E-state index in [-0.39, 0.29) is 0 Å². The van der Waals surface area contributed by atoms with Gasteiger partial charge in [-0.05, 0) is 43.6 Å². The second-order valence-corrected chi connectivity index (χ2v) is 5.33. The van der Waals surface area contributed by atoms with Gasteiger partial charge in [-0.25, -0.2) is 4.98 Å². The van der Waals surface area contributed by atoms with Crippen LogP contribution in [-0.4, -0.2) is 29.5 Å². The molecule has 2 heterocycles. The van der Waals surface area contributed by atoms with Crippen molar-refractivity contribution in [3.63, 3.8) is 0 Å². The molecule has 1 fully saturated rings. The predicted molar refractivity (Wildman–Crippen MR) is 82.7 cm³/mol. The minimum absolute atomic E-state index is 0.296. The smallest absolute Gasteiger partial charge is 0.126 e. The van der Waals surface area contributed by atoms with Gasteiger partial charge >= 0.3 is 0 Å². The summed E-state index contributed by atoms with van der Waals surface area (Å²) in [5.41, 5.74) is 1.32. The molecule has 0 amide bonds. The van der Waals surface area contributed by atoms with Gasteiger partial charge in [0, 0.05) is 12.7 Å². The Balaban J connectivity index is 1.76. The van der Waals surface area contributed by atoms with E-state index in [1.54, 1.807) is 0 Å². The number of anilines is 1. The first-order valence-corrected chi connectivity index (χ1v) is 7.37. The van der Waals surface area contributed by atoms with Gasteiger partial charge in [-0.2, -0.15) is 0 Å². The van der Waals surface area contributed by atoms with E-state index in [0.29, 0.717) is 6.04 Å². The van der Waals surface area contributed by atoms with E-state index in [4.69, 9.17) is 0 Å². The van der Waals surface area contributed by atoms with Gasteiger partial charge in [-0.15, -0.1) is 0 Å². The maximum atomic E-state index is 4.39. The zero-order valence-corrected chi connectivity index (χ0v) is 11.7. The van der Waals surface area contributed by atoms with Gasteiger partial charge in [0.25, 0.3) is 0 Å². The molecule has 0 aliphatic carbocycles. The number of aromatic nitrogens is 1. The molecule has 1 aromatic carbocycles. The zero-order chi connectivity index (χ0) is 13.6. The molecule has 2 aromatic rings. The van der Waals surface area contributed by atoms with Crippen molar-refractivity contribution in [3.8, 4) is 0 Å². The topological polar surface area (TPSA) is 28.2 Å². The van der Waals surface area contributed by atoms with Crippen LogP contribution in [0.3, 0.4) is 0 Å². The largest absolute Gasteiger partial charge is 0.362 e. The lowest BCUT2D eigenvalue weighted by Gasteiger charge is -2.25. The molecule has 0 saturated carbocycles. The molecule has 3 rings (SSSR count). The Labute approximate surface area is 120 Å². The van der Waals surface area contributed by atoms with Gasteiger partial charge in [-0.1, -0.05) is 36.4 Å². The fraction of sp³-hybridized carbons (Fsp3) is 0.353. The highest BCUT2D eigenvalue weighted by Gasteiger charge is 2.19. The van der Waals surface area contributed by atoms with Crippen LogP contribution in [0, 0.1) is 0 Å². The second-order valence-electron chi connectivity index (χ2n) is 5.33. The van der Waals surface area contributed by atoms with Crippen molar-refractivity contribution in [3.05, 3.63) is 60.3 Å². The maximum Gasteiger partial charge on any atom is 0.126 e. The summed E-state index contributed by atoms with van der Waals surface area (Å²) in [5, 5.41) is 3.57. The van der Waals surface area contributed by atoms with Crippen molar-refractivity contribution in [2.75, 3.05) is 25.0 Å². The van der Waals surface area contributed by atoms with E-state index in [1.807, 2.05) is 24.4 Å². The molecule has 3 heteroatoms. The first-order chi connectivity index (χ1) is 9.92. The molecule has 1 atom stereocenters. The van der Waals surface area contributed by atoms with Gasteiger partial charge in [-0.3, -0.25) is 0 Å². The molecule has 1 N–H and O–H groups in total. The third-order valence-corrected chi connectivity index (χ3v) is 3.83. The van der Waals surface area contributed by atoms with Crippen LogP contribution in [-0.2, 0) is 0 Å². The molecule has 1 unspecified atom stereocenters. The normalized spacial score (nSPS) is 17.0. The third kappa shape index (κ3) is 3.36. The monoisotopic (exact) mass is 267 g/mol. The van der Waals surface area contributed by atoms with Crippen molar-refractivity contribution < 1.29 is 0 Å². The average Bonchev–Trinajstić information content (AvgIpc) is 3.02. The van der Waals surface area contributed by atoms with E-state index < -0.39 is 0 Å². The highest BCUT2D eigenvalue weighted by Crippen LogP contribution is 2.21. The highest BCUT2D eigenvalue weighted by molar-refractivity contribution is 5.38. The van der Waals surface area contributed by atoms with Crippen molar-refractivity contribution in [1.82, 2.24) is 9.88 Å². The zero-order valence-electron chi connectivity index (χ0n) is 11.7. The predicted octanol–water partition coefficient (Wildman–Crippen LogP) is 3.33. The van der Waals surface area contributed by atoms with E-state index in [9.17, 15) is 0 Å². The quantitative estimate of drug-likeness (QED) is 0.900. The van der Waals surface area contributed by atoms with Crippen molar-refractivity contribution in [1.29, 1.82) is 0 Å². The third-order valence-electron chi connectivity index (χ3n) is 3.83. The average molecular weight is 267 g/mol. The Kier molecular flexibility index (Phi) is 4.28. The maximum absolute atomic E-state index is 4.39. The molecule has 20 heavy (non-hydrogen) atoms. The molecular weight excluding hydrogens is 246 g/mol. The summed E-state index contributed by atoms with van der Waals surface area (Å²) in [5.74, 6) is 0.945. The summed E-state index contributed by atoms with van der Waals surface area (Å²) in [6, 6.07) is 16.9. The van der Waals surface area contributed by atoms with Crippen LogP contribution in [0.4, 0.5) is 5.82 Å². The van der Waals surface area contributed by atoms with Crippen molar-refractivity contribution in [2.24, 2.45) is 0 Å². The molecular formula is C17H21N3. The summed E-state index contributed by atoms with van der Waals surface area (Å²) in [6.07, 6.45) is 4.48. The van der Waals surface area contributed by atoms with Crippen molar-refractivity contribution >= 4 is 5.82 Å². The van der Waals surface area contributed by atoms with Gasteiger partial charge < -0.3 is 10.2 Å². The number of hydrogen-bond acceptors (Lipinski definition) is 3. The fourth-order valence-electron chi connectivity index (χ4n) is 2.77. The summed E-state index contributed by atoms with van der Waals surface area (Å²) in [7, 11) is 0. The SMILES string of the molecule is c1ccc(C(CN2CCCC2)Nc2ccccn2)cc1. The Morgan fingerprint density at radius 3 is 2.45 bits per heavy atom. The van der Waals surface area contributed by atoms with Crippen LogP contribution >= 0.6 is 0 Å². The van der Waals surface area contributed by atoms with Crippen LogP contribution in [0.2, 0.25) is 0 Å². The van der Waals surface area contributed by atoms with Gasteiger partial charge in [0.1, 0.15) is 5.82 Å². The number of likely N-dealkylation sites (tertiary alicyclic amines) is 1. The molecule has 104 valence electrons. The number of nitrogens with zero attached hydrogens (tertiary/aromatic N) is 2. The Morgan fingerprint density at radius 2 is 1.75 bits per heavy atom. The first-order valence-electron chi connectivity index (χ1n) is 7.37. The van der Waals surface area contributed by atoms with Crippen molar-refractivity contribution in [2.45, 2.75) is 18.9 Å². The lowest BCUT2D eigenvalue weighted by molar-refractivity contribution is 0.323. The lowest BCUT2D eigenvalue weighted by atomic mass is 10.1. The number of rotatable bonds is 5. The summed E-state index contributed by atoms with van der Waals surface area (Å²) < 4.78 is 0.